The van der Waals surface area contributed by atoms with Crippen molar-refractivity contribution in [1.29, 1.82) is 0 Å². The van der Waals surface area contributed by atoms with Crippen LogP contribution in [0.2, 0.25) is 0 Å². The Morgan fingerprint density at radius 1 is 1.21 bits per heavy atom. The van der Waals surface area contributed by atoms with Gasteiger partial charge in [-0.2, -0.15) is 0 Å². The molecule has 0 aliphatic heterocycles. The fourth-order valence-electron chi connectivity index (χ4n) is 1.78. The van der Waals surface area contributed by atoms with Gasteiger partial charge in [0.2, 0.25) is 0 Å². The van der Waals surface area contributed by atoms with Gasteiger partial charge < -0.3 is 4.74 Å². The van der Waals surface area contributed by atoms with E-state index in [9.17, 15) is 9.59 Å². The lowest BCUT2D eigenvalue weighted by Gasteiger charge is -2.16. The molecule has 104 valence electrons. The summed E-state index contributed by atoms with van der Waals surface area (Å²) in [6, 6.07) is 7.98. The topological polar surface area (TPSA) is 43.4 Å². The molecule has 0 amide bonds. The molecule has 0 saturated heterocycles. The Morgan fingerprint density at radius 3 is 2.26 bits per heavy atom. The number of hydrogen-bond acceptors (Lipinski definition) is 4. The Morgan fingerprint density at radius 2 is 1.79 bits per heavy atom. The fourth-order valence-corrected chi connectivity index (χ4v) is 2.60. The summed E-state index contributed by atoms with van der Waals surface area (Å²) >= 11 is 1.45. The van der Waals surface area contributed by atoms with Crippen LogP contribution in [0.5, 0.6) is 0 Å². The van der Waals surface area contributed by atoms with Gasteiger partial charge in [-0.05, 0) is 25.0 Å². The molecule has 4 heteroatoms. The molecule has 0 spiro atoms. The monoisotopic (exact) mass is 280 g/mol. The number of ketones is 1. The van der Waals surface area contributed by atoms with E-state index >= 15 is 0 Å². The fraction of sp³-hybridized carbons (Fsp3) is 0.467. The molecule has 0 heterocycles. The zero-order valence-corrected chi connectivity index (χ0v) is 12.6. The number of carbonyl (C=O) groups excluding carboxylic acids is 2. The molecule has 0 radical (unpaired) electrons. The molecular weight excluding hydrogens is 260 g/mol. The van der Waals surface area contributed by atoms with Crippen molar-refractivity contribution < 1.29 is 14.3 Å². The first-order chi connectivity index (χ1) is 8.95. The van der Waals surface area contributed by atoms with Crippen LogP contribution < -0.4 is 0 Å². The number of benzene rings is 1. The number of Topliss-reactive ketones (excluding diaryl/α,β-unsaturated/α-hetero) is 1. The van der Waals surface area contributed by atoms with E-state index < -0.39 is 11.9 Å². The second-order valence-corrected chi connectivity index (χ2v) is 5.86. The first-order valence-electron chi connectivity index (χ1n) is 6.25. The van der Waals surface area contributed by atoms with Crippen LogP contribution >= 0.6 is 11.8 Å². The smallest absolute Gasteiger partial charge is 0.316 e. The van der Waals surface area contributed by atoms with Crippen molar-refractivity contribution in [3.8, 4) is 0 Å². The highest BCUT2D eigenvalue weighted by molar-refractivity contribution is 8.00. The zero-order chi connectivity index (χ0) is 14.4. The molecule has 0 aliphatic carbocycles. The van der Waals surface area contributed by atoms with E-state index in [1.54, 1.807) is 0 Å². The van der Waals surface area contributed by atoms with Crippen molar-refractivity contribution >= 4 is 23.5 Å². The number of carbonyl (C=O) groups is 2. The van der Waals surface area contributed by atoms with Gasteiger partial charge in [-0.25, -0.2) is 0 Å². The van der Waals surface area contributed by atoms with Crippen molar-refractivity contribution in [3.63, 3.8) is 0 Å². The van der Waals surface area contributed by atoms with Crippen molar-refractivity contribution in [2.75, 3.05) is 12.9 Å². The summed E-state index contributed by atoms with van der Waals surface area (Å²) in [5.74, 6) is -0.931. The summed E-state index contributed by atoms with van der Waals surface area (Å²) in [5, 5.41) is 0. The summed E-state index contributed by atoms with van der Waals surface area (Å²) in [6.45, 7) is 5.73. The molecule has 3 nitrogen and oxygen atoms in total. The number of thioether (sulfide) groups is 1. The predicted molar refractivity (Wildman–Crippen MR) is 77.3 cm³/mol. The number of methoxy groups -OCH3 is 1. The zero-order valence-electron chi connectivity index (χ0n) is 11.8. The Hall–Kier alpha value is -1.29. The summed E-state index contributed by atoms with van der Waals surface area (Å²) < 4.78 is 4.69. The first-order valence-corrected chi connectivity index (χ1v) is 7.24. The molecule has 19 heavy (non-hydrogen) atoms. The molecule has 1 atom stereocenters. The van der Waals surface area contributed by atoms with E-state index in [0.717, 1.165) is 4.90 Å². The standard InChI is InChI=1S/C15H20O3S/c1-10(2)14(15(17)18-4)13(16)9-19-12-7-5-11(3)6-8-12/h5-8,10,14H,9H2,1-4H3. The van der Waals surface area contributed by atoms with Crippen LogP contribution in [0.15, 0.2) is 29.2 Å². The van der Waals surface area contributed by atoms with Crippen molar-refractivity contribution in [1.82, 2.24) is 0 Å². The molecule has 1 unspecified atom stereocenters. The lowest BCUT2D eigenvalue weighted by atomic mass is 9.92. The summed E-state index contributed by atoms with van der Waals surface area (Å²) in [5.41, 5.74) is 1.19. The molecule has 0 aromatic heterocycles. The SMILES string of the molecule is COC(=O)C(C(=O)CSc1ccc(C)cc1)C(C)C. The second-order valence-electron chi connectivity index (χ2n) is 4.81. The third-order valence-electron chi connectivity index (χ3n) is 2.87. The van der Waals surface area contributed by atoms with Gasteiger partial charge in [0.15, 0.2) is 5.78 Å². The molecule has 0 bridgehead atoms. The third kappa shape index (κ3) is 4.71. The van der Waals surface area contributed by atoms with Gasteiger partial charge in [-0.3, -0.25) is 9.59 Å². The van der Waals surface area contributed by atoms with Gasteiger partial charge in [-0.1, -0.05) is 31.5 Å². The highest BCUT2D eigenvalue weighted by atomic mass is 32.2. The number of ether oxygens (including phenoxy) is 1. The maximum absolute atomic E-state index is 12.1. The average molecular weight is 280 g/mol. The van der Waals surface area contributed by atoms with Crippen LogP contribution in [-0.2, 0) is 14.3 Å². The van der Waals surface area contributed by atoms with E-state index in [1.807, 2.05) is 45.0 Å². The molecule has 1 rings (SSSR count). The second kappa shape index (κ2) is 7.34. The highest BCUT2D eigenvalue weighted by Gasteiger charge is 2.30. The van der Waals surface area contributed by atoms with Gasteiger partial charge in [0, 0.05) is 4.90 Å². The Kier molecular flexibility index (Phi) is 6.09. The Balaban J connectivity index is 2.62. The van der Waals surface area contributed by atoms with E-state index in [4.69, 9.17) is 4.74 Å². The molecule has 1 aromatic carbocycles. The normalized spacial score (nSPS) is 12.3. The third-order valence-corrected chi connectivity index (χ3v) is 3.91. The van der Waals surface area contributed by atoms with Crippen LogP contribution in [-0.4, -0.2) is 24.6 Å². The van der Waals surface area contributed by atoms with Gasteiger partial charge in [0.05, 0.1) is 12.9 Å². The van der Waals surface area contributed by atoms with Crippen LogP contribution in [0.4, 0.5) is 0 Å². The van der Waals surface area contributed by atoms with E-state index in [2.05, 4.69) is 0 Å². The van der Waals surface area contributed by atoms with Crippen molar-refractivity contribution in [2.24, 2.45) is 11.8 Å². The average Bonchev–Trinajstić information content (AvgIpc) is 2.37. The lowest BCUT2D eigenvalue weighted by molar-refractivity contribution is -0.150. The largest absolute Gasteiger partial charge is 0.468 e. The molecule has 0 saturated carbocycles. The van der Waals surface area contributed by atoms with E-state index in [-0.39, 0.29) is 11.7 Å². The van der Waals surface area contributed by atoms with Crippen LogP contribution in [0.1, 0.15) is 19.4 Å². The molecule has 0 aliphatic rings. The summed E-state index contributed by atoms with van der Waals surface area (Å²) in [4.78, 5) is 24.7. The van der Waals surface area contributed by atoms with Gasteiger partial charge in [-0.15, -0.1) is 11.8 Å². The molecule has 1 aromatic rings. The van der Waals surface area contributed by atoms with E-state index in [1.165, 1.54) is 24.4 Å². The molecule has 0 N–H and O–H groups in total. The van der Waals surface area contributed by atoms with Crippen molar-refractivity contribution in [2.45, 2.75) is 25.7 Å². The minimum atomic E-state index is -0.664. The van der Waals surface area contributed by atoms with E-state index in [0.29, 0.717) is 5.75 Å². The molecular formula is C15H20O3S. The van der Waals surface area contributed by atoms with Gasteiger partial charge >= 0.3 is 5.97 Å². The quantitative estimate of drug-likeness (QED) is 0.456. The molecule has 0 fully saturated rings. The minimum Gasteiger partial charge on any atom is -0.468 e. The maximum atomic E-state index is 12.1. The predicted octanol–water partition coefficient (Wildman–Crippen LogP) is 3.10. The summed E-state index contributed by atoms with van der Waals surface area (Å²) in [7, 11) is 1.32. The highest BCUT2D eigenvalue weighted by Crippen LogP contribution is 2.22. The number of aryl methyl sites for hydroxylation is 1. The van der Waals surface area contributed by atoms with Crippen LogP contribution in [0.3, 0.4) is 0 Å². The van der Waals surface area contributed by atoms with Gasteiger partial charge in [0.1, 0.15) is 5.92 Å². The Bertz CT molecular complexity index is 437. The Labute approximate surface area is 118 Å². The van der Waals surface area contributed by atoms with Crippen LogP contribution in [0.25, 0.3) is 0 Å². The number of rotatable bonds is 6. The number of hydrogen-bond donors (Lipinski definition) is 0. The lowest BCUT2D eigenvalue weighted by Crippen LogP contribution is -2.31. The van der Waals surface area contributed by atoms with Crippen LogP contribution in [0, 0.1) is 18.8 Å². The first kappa shape index (κ1) is 15.8. The number of esters is 1. The van der Waals surface area contributed by atoms with Crippen molar-refractivity contribution in [3.05, 3.63) is 29.8 Å². The summed E-state index contributed by atoms with van der Waals surface area (Å²) in [6.07, 6.45) is 0. The van der Waals surface area contributed by atoms with Gasteiger partial charge in [0.25, 0.3) is 0 Å². The maximum Gasteiger partial charge on any atom is 0.316 e. The minimum absolute atomic E-state index is 0.0430.